The van der Waals surface area contributed by atoms with Gasteiger partial charge in [-0.05, 0) is 42.8 Å². The Balaban J connectivity index is 2.14. The monoisotopic (exact) mass is 258 g/mol. The number of benzene rings is 1. The molecule has 0 amide bonds. The van der Waals surface area contributed by atoms with Crippen molar-refractivity contribution >= 4 is 0 Å². The Bertz CT molecular complexity index is 523. The van der Waals surface area contributed by atoms with E-state index in [4.69, 9.17) is 0 Å². The first-order valence-corrected chi connectivity index (χ1v) is 6.59. The van der Waals surface area contributed by atoms with Crippen LogP contribution in [0.15, 0.2) is 42.6 Å². The summed E-state index contributed by atoms with van der Waals surface area (Å²) in [6, 6.07) is 10.9. The van der Waals surface area contributed by atoms with Crippen LogP contribution < -0.4 is 5.32 Å². The summed E-state index contributed by atoms with van der Waals surface area (Å²) in [5.74, 6) is -0.202. The van der Waals surface area contributed by atoms with Gasteiger partial charge in [0.2, 0.25) is 0 Å². The molecular weight excluding hydrogens is 239 g/mol. The topological polar surface area (TPSA) is 24.9 Å². The Morgan fingerprint density at radius 3 is 2.68 bits per heavy atom. The fraction of sp³-hybridized carbons (Fsp3) is 0.312. The molecule has 0 saturated heterocycles. The SMILES string of the molecule is CCc1ccc(CC(NC)c2cccc(F)c2)nc1. The second-order valence-electron chi connectivity index (χ2n) is 4.61. The minimum absolute atomic E-state index is 0.0793. The Kier molecular flexibility index (Phi) is 4.63. The van der Waals surface area contributed by atoms with Crippen LogP contribution in [0.3, 0.4) is 0 Å². The Labute approximate surface area is 113 Å². The lowest BCUT2D eigenvalue weighted by atomic mass is 10.0. The van der Waals surface area contributed by atoms with Crippen LogP contribution in [-0.4, -0.2) is 12.0 Å². The number of aryl methyl sites for hydroxylation is 1. The molecule has 0 fully saturated rings. The van der Waals surface area contributed by atoms with Gasteiger partial charge in [-0.3, -0.25) is 4.98 Å². The highest BCUT2D eigenvalue weighted by atomic mass is 19.1. The second-order valence-corrected chi connectivity index (χ2v) is 4.61. The van der Waals surface area contributed by atoms with Gasteiger partial charge in [0.15, 0.2) is 0 Å². The van der Waals surface area contributed by atoms with Gasteiger partial charge in [0.1, 0.15) is 5.82 Å². The molecule has 2 aromatic rings. The lowest BCUT2D eigenvalue weighted by Crippen LogP contribution is -2.19. The number of aromatic nitrogens is 1. The van der Waals surface area contributed by atoms with Crippen molar-refractivity contribution in [3.8, 4) is 0 Å². The molecule has 0 aliphatic rings. The maximum Gasteiger partial charge on any atom is 0.123 e. The van der Waals surface area contributed by atoms with Gasteiger partial charge >= 0.3 is 0 Å². The maximum absolute atomic E-state index is 13.3. The summed E-state index contributed by atoms with van der Waals surface area (Å²) in [5.41, 5.74) is 3.19. The molecule has 1 heterocycles. The summed E-state index contributed by atoms with van der Waals surface area (Å²) in [6.07, 6.45) is 3.66. The van der Waals surface area contributed by atoms with Crippen molar-refractivity contribution in [1.29, 1.82) is 0 Å². The van der Waals surface area contributed by atoms with E-state index in [1.165, 1.54) is 11.6 Å². The molecule has 0 spiro atoms. The van der Waals surface area contributed by atoms with Gasteiger partial charge in [0, 0.05) is 24.4 Å². The van der Waals surface area contributed by atoms with E-state index in [1.54, 1.807) is 12.1 Å². The van der Waals surface area contributed by atoms with E-state index >= 15 is 0 Å². The lowest BCUT2D eigenvalue weighted by Gasteiger charge is -2.16. The van der Waals surface area contributed by atoms with Crippen molar-refractivity contribution in [2.75, 3.05) is 7.05 Å². The molecule has 0 bridgehead atoms. The molecule has 1 aromatic carbocycles. The Morgan fingerprint density at radius 2 is 2.11 bits per heavy atom. The van der Waals surface area contributed by atoms with Gasteiger partial charge < -0.3 is 5.32 Å². The number of rotatable bonds is 5. The van der Waals surface area contributed by atoms with Crippen molar-refractivity contribution in [2.45, 2.75) is 25.8 Å². The average molecular weight is 258 g/mol. The number of nitrogens with zero attached hydrogens (tertiary/aromatic N) is 1. The zero-order valence-electron chi connectivity index (χ0n) is 11.4. The van der Waals surface area contributed by atoms with Crippen molar-refractivity contribution in [3.05, 3.63) is 65.2 Å². The van der Waals surface area contributed by atoms with Crippen LogP contribution in [0, 0.1) is 5.82 Å². The van der Waals surface area contributed by atoms with E-state index in [1.807, 2.05) is 25.4 Å². The van der Waals surface area contributed by atoms with Gasteiger partial charge in [-0.25, -0.2) is 4.39 Å². The van der Waals surface area contributed by atoms with Crippen molar-refractivity contribution in [3.63, 3.8) is 0 Å². The summed E-state index contributed by atoms with van der Waals surface area (Å²) < 4.78 is 13.3. The molecule has 0 radical (unpaired) electrons. The number of halogens is 1. The van der Waals surface area contributed by atoms with E-state index in [-0.39, 0.29) is 11.9 Å². The molecule has 3 heteroatoms. The zero-order chi connectivity index (χ0) is 13.7. The summed E-state index contributed by atoms with van der Waals surface area (Å²) in [5, 5.41) is 3.22. The molecule has 0 saturated carbocycles. The molecule has 19 heavy (non-hydrogen) atoms. The first-order valence-electron chi connectivity index (χ1n) is 6.59. The minimum Gasteiger partial charge on any atom is -0.313 e. The van der Waals surface area contributed by atoms with Gasteiger partial charge in [-0.1, -0.05) is 25.1 Å². The molecule has 1 aromatic heterocycles. The summed E-state index contributed by atoms with van der Waals surface area (Å²) in [7, 11) is 1.88. The third kappa shape index (κ3) is 3.61. The molecule has 1 N–H and O–H groups in total. The van der Waals surface area contributed by atoms with E-state index < -0.39 is 0 Å². The lowest BCUT2D eigenvalue weighted by molar-refractivity contribution is 0.571. The Morgan fingerprint density at radius 1 is 1.26 bits per heavy atom. The van der Waals surface area contributed by atoms with Crippen LogP contribution in [0.25, 0.3) is 0 Å². The third-order valence-corrected chi connectivity index (χ3v) is 3.31. The minimum atomic E-state index is -0.202. The number of pyridine rings is 1. The van der Waals surface area contributed by atoms with Crippen LogP contribution in [-0.2, 0) is 12.8 Å². The van der Waals surface area contributed by atoms with Crippen LogP contribution >= 0.6 is 0 Å². The second kappa shape index (κ2) is 6.43. The summed E-state index contributed by atoms with van der Waals surface area (Å²) in [4.78, 5) is 4.45. The van der Waals surface area contributed by atoms with Crippen LogP contribution in [0.1, 0.15) is 29.8 Å². The van der Waals surface area contributed by atoms with Crippen LogP contribution in [0.4, 0.5) is 4.39 Å². The third-order valence-electron chi connectivity index (χ3n) is 3.31. The maximum atomic E-state index is 13.3. The fourth-order valence-electron chi connectivity index (χ4n) is 2.10. The number of nitrogens with one attached hydrogen (secondary N) is 1. The Hall–Kier alpha value is -1.74. The first-order chi connectivity index (χ1) is 9.22. The normalized spacial score (nSPS) is 12.4. The molecule has 2 nitrogen and oxygen atoms in total. The van der Waals surface area contributed by atoms with E-state index in [0.29, 0.717) is 0 Å². The highest BCUT2D eigenvalue weighted by molar-refractivity contribution is 5.23. The molecule has 0 aliphatic heterocycles. The molecule has 100 valence electrons. The van der Waals surface area contributed by atoms with Gasteiger partial charge in [0.05, 0.1) is 0 Å². The predicted octanol–water partition coefficient (Wildman–Crippen LogP) is 3.29. The molecular formula is C16H19FN2. The predicted molar refractivity (Wildman–Crippen MR) is 75.5 cm³/mol. The fourth-order valence-corrected chi connectivity index (χ4v) is 2.10. The largest absolute Gasteiger partial charge is 0.313 e. The molecule has 1 unspecified atom stereocenters. The van der Waals surface area contributed by atoms with Crippen LogP contribution in [0.5, 0.6) is 0 Å². The van der Waals surface area contributed by atoms with Crippen molar-refractivity contribution < 1.29 is 4.39 Å². The van der Waals surface area contributed by atoms with E-state index in [0.717, 1.165) is 24.1 Å². The van der Waals surface area contributed by atoms with Gasteiger partial charge in [0.25, 0.3) is 0 Å². The molecule has 1 atom stereocenters. The quantitative estimate of drug-likeness (QED) is 0.890. The van der Waals surface area contributed by atoms with Crippen molar-refractivity contribution in [1.82, 2.24) is 10.3 Å². The number of likely N-dealkylation sites (N-methyl/N-ethyl adjacent to an activating group) is 1. The zero-order valence-corrected chi connectivity index (χ0v) is 11.4. The molecule has 2 rings (SSSR count). The van der Waals surface area contributed by atoms with Gasteiger partial charge in [-0.15, -0.1) is 0 Å². The summed E-state index contributed by atoms with van der Waals surface area (Å²) >= 11 is 0. The van der Waals surface area contributed by atoms with Crippen molar-refractivity contribution in [2.24, 2.45) is 0 Å². The average Bonchev–Trinajstić information content (AvgIpc) is 2.45. The first kappa shape index (κ1) is 13.7. The van der Waals surface area contributed by atoms with Gasteiger partial charge in [-0.2, -0.15) is 0 Å². The number of hydrogen-bond acceptors (Lipinski definition) is 2. The van der Waals surface area contributed by atoms with E-state index in [2.05, 4.69) is 23.3 Å². The smallest absolute Gasteiger partial charge is 0.123 e. The number of hydrogen-bond donors (Lipinski definition) is 1. The highest BCUT2D eigenvalue weighted by Crippen LogP contribution is 2.18. The van der Waals surface area contributed by atoms with Crippen LogP contribution in [0.2, 0.25) is 0 Å². The highest BCUT2D eigenvalue weighted by Gasteiger charge is 2.11. The van der Waals surface area contributed by atoms with E-state index in [9.17, 15) is 4.39 Å². The standard InChI is InChI=1S/C16H19FN2/c1-3-12-7-8-15(19-11-12)10-16(18-2)13-5-4-6-14(17)9-13/h4-9,11,16,18H,3,10H2,1-2H3. The summed E-state index contributed by atoms with van der Waals surface area (Å²) in [6.45, 7) is 2.11. The molecule has 0 aliphatic carbocycles.